The maximum absolute atomic E-state index is 11.9. The van der Waals surface area contributed by atoms with Gasteiger partial charge >= 0.3 is 5.97 Å². The van der Waals surface area contributed by atoms with Crippen molar-refractivity contribution in [2.45, 2.75) is 0 Å². The highest BCUT2D eigenvalue weighted by Gasteiger charge is 2.18. The molecule has 0 amide bonds. The van der Waals surface area contributed by atoms with E-state index in [0.717, 1.165) is 0 Å². The van der Waals surface area contributed by atoms with Crippen molar-refractivity contribution < 1.29 is 19.2 Å². The van der Waals surface area contributed by atoms with E-state index >= 15 is 0 Å². The Labute approximate surface area is 129 Å². The largest absolute Gasteiger partial charge is 0.379 e. The number of nitrogen functional groups attached to an aromatic ring is 1. The van der Waals surface area contributed by atoms with Gasteiger partial charge in [-0.2, -0.15) is 0 Å². The molecule has 11 heteroatoms. The lowest BCUT2D eigenvalue weighted by atomic mass is 10.2. The number of nitro groups is 1. The highest BCUT2D eigenvalue weighted by molar-refractivity contribution is 6.00. The van der Waals surface area contributed by atoms with Crippen LogP contribution in [-0.2, 0) is 4.84 Å². The summed E-state index contributed by atoms with van der Waals surface area (Å²) >= 11 is 0. The zero-order chi connectivity index (χ0) is 17.0. The number of hydrogen-bond donors (Lipinski definition) is 1. The van der Waals surface area contributed by atoms with E-state index in [1.165, 1.54) is 29.2 Å². The number of amidine groups is 1. The van der Waals surface area contributed by atoms with E-state index in [1.54, 1.807) is 14.1 Å². The normalized spacial score (nSPS) is 11.1. The fourth-order valence-corrected chi connectivity index (χ4v) is 1.54. The van der Waals surface area contributed by atoms with E-state index in [0.29, 0.717) is 0 Å². The molecular formula is C12H12N6O5. The summed E-state index contributed by atoms with van der Waals surface area (Å²) in [7, 11) is 3.26. The molecule has 11 nitrogen and oxygen atoms in total. The molecule has 0 atom stereocenters. The minimum Gasteiger partial charge on any atom is -0.379 e. The van der Waals surface area contributed by atoms with Gasteiger partial charge in [-0.15, -0.1) is 0 Å². The topological polar surface area (TPSA) is 150 Å². The van der Waals surface area contributed by atoms with Crippen LogP contribution in [0.3, 0.4) is 0 Å². The first-order valence-corrected chi connectivity index (χ1v) is 6.19. The van der Waals surface area contributed by atoms with Crippen molar-refractivity contribution in [1.82, 2.24) is 15.2 Å². The van der Waals surface area contributed by atoms with E-state index in [2.05, 4.69) is 20.1 Å². The van der Waals surface area contributed by atoms with Crippen LogP contribution >= 0.6 is 0 Å². The molecular weight excluding hydrogens is 308 g/mol. The number of aromatic nitrogens is 2. The first kappa shape index (κ1) is 15.9. The summed E-state index contributed by atoms with van der Waals surface area (Å²) in [6.07, 6.45) is 0. The van der Waals surface area contributed by atoms with Gasteiger partial charge in [-0.05, 0) is 22.4 Å². The number of oxime groups is 1. The number of non-ortho nitro benzene ring substituents is 1. The second-order valence-corrected chi connectivity index (χ2v) is 4.49. The number of benzene rings is 1. The highest BCUT2D eigenvalue weighted by atomic mass is 16.7. The zero-order valence-corrected chi connectivity index (χ0v) is 12.2. The van der Waals surface area contributed by atoms with Gasteiger partial charge in [0.2, 0.25) is 5.84 Å². The Hall–Kier alpha value is -3.50. The van der Waals surface area contributed by atoms with Gasteiger partial charge in [0, 0.05) is 26.2 Å². The Balaban J connectivity index is 2.18. The van der Waals surface area contributed by atoms with Crippen molar-refractivity contribution in [1.29, 1.82) is 0 Å². The molecule has 1 aromatic carbocycles. The summed E-state index contributed by atoms with van der Waals surface area (Å²) in [4.78, 5) is 28.2. The predicted molar refractivity (Wildman–Crippen MR) is 77.4 cm³/mol. The third kappa shape index (κ3) is 3.58. The van der Waals surface area contributed by atoms with E-state index in [4.69, 9.17) is 10.6 Å². The fourth-order valence-electron chi connectivity index (χ4n) is 1.54. The van der Waals surface area contributed by atoms with Crippen LogP contribution in [0.25, 0.3) is 0 Å². The second kappa shape index (κ2) is 6.51. The number of nitrogens with zero attached hydrogens (tertiary/aromatic N) is 5. The van der Waals surface area contributed by atoms with Crippen LogP contribution in [0.2, 0.25) is 0 Å². The van der Waals surface area contributed by atoms with Gasteiger partial charge < -0.3 is 15.5 Å². The quantitative estimate of drug-likeness (QED) is 0.281. The van der Waals surface area contributed by atoms with Crippen molar-refractivity contribution in [3.8, 4) is 0 Å². The van der Waals surface area contributed by atoms with E-state index in [-0.39, 0.29) is 28.6 Å². The van der Waals surface area contributed by atoms with Crippen LogP contribution in [-0.4, -0.2) is 46.0 Å². The summed E-state index contributed by atoms with van der Waals surface area (Å²) in [5.74, 6) is -0.683. The molecule has 0 unspecified atom stereocenters. The van der Waals surface area contributed by atoms with Gasteiger partial charge in [0.25, 0.3) is 5.69 Å². The summed E-state index contributed by atoms with van der Waals surface area (Å²) < 4.78 is 4.47. The van der Waals surface area contributed by atoms with E-state index < -0.39 is 10.9 Å². The molecule has 120 valence electrons. The molecule has 0 spiro atoms. The molecule has 2 rings (SSSR count). The summed E-state index contributed by atoms with van der Waals surface area (Å²) in [5, 5.41) is 21.2. The smallest absolute Gasteiger partial charge is 0.365 e. The Morgan fingerprint density at radius 1 is 1.35 bits per heavy atom. The van der Waals surface area contributed by atoms with E-state index in [1.807, 2.05) is 0 Å². The Morgan fingerprint density at radius 2 is 2.00 bits per heavy atom. The molecule has 0 aliphatic heterocycles. The number of nitro benzene ring substituents is 1. The average Bonchev–Trinajstić information content (AvgIpc) is 2.93. The fraction of sp³-hybridized carbons (Fsp3) is 0.167. The SMILES string of the molecule is CN(C)/C(=N/OC(=O)c1ccc([N+](=O)[O-])cc1)c1nonc1N. The molecule has 0 aliphatic carbocycles. The highest BCUT2D eigenvalue weighted by Crippen LogP contribution is 2.13. The van der Waals surface area contributed by atoms with Crippen LogP contribution in [0.5, 0.6) is 0 Å². The average molecular weight is 320 g/mol. The number of rotatable bonds is 4. The molecule has 0 saturated carbocycles. The van der Waals surface area contributed by atoms with Gasteiger partial charge in [-0.3, -0.25) is 10.1 Å². The maximum Gasteiger partial charge on any atom is 0.365 e. The van der Waals surface area contributed by atoms with Crippen LogP contribution in [0.4, 0.5) is 11.5 Å². The number of carbonyl (C=O) groups excluding carboxylic acids is 1. The number of nitrogens with two attached hydrogens (primary N) is 1. The first-order chi connectivity index (χ1) is 10.9. The third-order valence-corrected chi connectivity index (χ3v) is 2.68. The Kier molecular flexibility index (Phi) is 4.50. The van der Waals surface area contributed by atoms with Crippen LogP contribution in [0, 0.1) is 10.1 Å². The molecule has 0 bridgehead atoms. The molecule has 1 aromatic heterocycles. The number of anilines is 1. The third-order valence-electron chi connectivity index (χ3n) is 2.68. The molecule has 0 fully saturated rings. The molecule has 0 radical (unpaired) electrons. The van der Waals surface area contributed by atoms with Crippen molar-refractivity contribution in [3.05, 3.63) is 45.6 Å². The van der Waals surface area contributed by atoms with Crippen molar-refractivity contribution >= 4 is 23.3 Å². The van der Waals surface area contributed by atoms with E-state index in [9.17, 15) is 14.9 Å². The Bertz CT molecular complexity index is 752. The predicted octanol–water partition coefficient (Wildman–Crippen LogP) is 0.640. The van der Waals surface area contributed by atoms with Gasteiger partial charge in [-0.25, -0.2) is 9.42 Å². The Morgan fingerprint density at radius 3 is 2.48 bits per heavy atom. The molecule has 1 heterocycles. The van der Waals surface area contributed by atoms with Crippen molar-refractivity contribution in [2.24, 2.45) is 5.16 Å². The summed E-state index contributed by atoms with van der Waals surface area (Å²) in [6, 6.07) is 4.90. The first-order valence-electron chi connectivity index (χ1n) is 6.19. The molecule has 2 aromatic rings. The van der Waals surface area contributed by atoms with Gasteiger partial charge in [0.1, 0.15) is 0 Å². The van der Waals surface area contributed by atoms with Gasteiger partial charge in [0.05, 0.1) is 10.5 Å². The lowest BCUT2D eigenvalue weighted by Gasteiger charge is -2.11. The summed E-state index contributed by atoms with van der Waals surface area (Å²) in [6.45, 7) is 0. The summed E-state index contributed by atoms with van der Waals surface area (Å²) in [5.41, 5.74) is 5.64. The lowest BCUT2D eigenvalue weighted by Crippen LogP contribution is -2.25. The minimum absolute atomic E-state index is 0.0103. The molecule has 0 saturated heterocycles. The monoisotopic (exact) mass is 320 g/mol. The molecule has 2 N–H and O–H groups in total. The van der Waals surface area contributed by atoms with Crippen LogP contribution < -0.4 is 5.73 Å². The van der Waals surface area contributed by atoms with Crippen molar-refractivity contribution in [3.63, 3.8) is 0 Å². The lowest BCUT2D eigenvalue weighted by molar-refractivity contribution is -0.384. The standard InChI is InChI=1S/C12H12N6O5/c1-17(2)11(9-10(13)15-23-14-9)16-22-12(19)7-3-5-8(6-4-7)18(20)21/h3-6H,1-2H3,(H2,13,15)/b16-11+. The van der Waals surface area contributed by atoms with Gasteiger partial charge in [-0.1, -0.05) is 5.16 Å². The van der Waals surface area contributed by atoms with Crippen LogP contribution in [0.1, 0.15) is 16.1 Å². The number of hydrogen-bond acceptors (Lipinski definition) is 9. The number of carbonyl (C=O) groups is 1. The van der Waals surface area contributed by atoms with Gasteiger partial charge in [0.15, 0.2) is 11.5 Å². The maximum atomic E-state index is 11.9. The zero-order valence-electron chi connectivity index (χ0n) is 12.2. The van der Waals surface area contributed by atoms with Crippen LogP contribution in [0.15, 0.2) is 34.1 Å². The second-order valence-electron chi connectivity index (χ2n) is 4.49. The minimum atomic E-state index is -0.797. The molecule has 0 aliphatic rings. The molecule has 23 heavy (non-hydrogen) atoms. The van der Waals surface area contributed by atoms with Crippen molar-refractivity contribution in [2.75, 3.05) is 19.8 Å².